The SMILES string of the molecule is Cc1ccc(S(=O)(=O)N2CC(c3ccccc3)OC2c2ccccc2)cc1. The molecule has 0 amide bonds. The van der Waals surface area contributed by atoms with E-state index in [1.165, 1.54) is 4.31 Å². The minimum atomic E-state index is -3.69. The summed E-state index contributed by atoms with van der Waals surface area (Å²) in [6, 6.07) is 26.2. The maximum atomic E-state index is 13.4. The van der Waals surface area contributed by atoms with Crippen LogP contribution in [0.1, 0.15) is 29.0 Å². The monoisotopic (exact) mass is 379 g/mol. The molecule has 0 aliphatic carbocycles. The third-order valence-electron chi connectivity index (χ3n) is 4.78. The smallest absolute Gasteiger partial charge is 0.245 e. The van der Waals surface area contributed by atoms with Gasteiger partial charge in [-0.05, 0) is 30.2 Å². The fourth-order valence-electron chi connectivity index (χ4n) is 3.31. The Bertz CT molecular complexity index is 1000. The lowest BCUT2D eigenvalue weighted by Gasteiger charge is -2.22. The molecule has 1 heterocycles. The lowest BCUT2D eigenvalue weighted by molar-refractivity contribution is 0.0202. The van der Waals surface area contributed by atoms with E-state index in [1.807, 2.05) is 79.7 Å². The van der Waals surface area contributed by atoms with Crippen molar-refractivity contribution in [3.05, 3.63) is 102 Å². The number of hydrogen-bond acceptors (Lipinski definition) is 3. The first-order valence-electron chi connectivity index (χ1n) is 8.89. The van der Waals surface area contributed by atoms with E-state index in [4.69, 9.17) is 4.74 Å². The van der Waals surface area contributed by atoms with Gasteiger partial charge in [-0.2, -0.15) is 4.31 Å². The highest BCUT2D eigenvalue weighted by Crippen LogP contribution is 2.40. The van der Waals surface area contributed by atoms with Gasteiger partial charge in [0.25, 0.3) is 0 Å². The van der Waals surface area contributed by atoms with Crippen molar-refractivity contribution in [3.8, 4) is 0 Å². The fraction of sp³-hybridized carbons (Fsp3) is 0.182. The maximum absolute atomic E-state index is 13.4. The second kappa shape index (κ2) is 7.27. The van der Waals surface area contributed by atoms with Crippen molar-refractivity contribution in [3.63, 3.8) is 0 Å². The van der Waals surface area contributed by atoms with Crippen LogP contribution in [0.15, 0.2) is 89.8 Å². The largest absolute Gasteiger partial charge is 0.349 e. The topological polar surface area (TPSA) is 46.6 Å². The average molecular weight is 379 g/mol. The average Bonchev–Trinajstić information content (AvgIpc) is 3.16. The van der Waals surface area contributed by atoms with Gasteiger partial charge in [-0.3, -0.25) is 0 Å². The van der Waals surface area contributed by atoms with Gasteiger partial charge in [0.2, 0.25) is 10.0 Å². The van der Waals surface area contributed by atoms with Gasteiger partial charge in [0.05, 0.1) is 11.0 Å². The van der Waals surface area contributed by atoms with Crippen molar-refractivity contribution in [2.75, 3.05) is 6.54 Å². The zero-order valence-electron chi connectivity index (χ0n) is 15.0. The van der Waals surface area contributed by atoms with Gasteiger partial charge in [0.1, 0.15) is 0 Å². The molecule has 2 unspecified atom stereocenters. The van der Waals surface area contributed by atoms with Crippen molar-refractivity contribution in [1.82, 2.24) is 4.31 Å². The predicted octanol–water partition coefficient (Wildman–Crippen LogP) is 4.46. The van der Waals surface area contributed by atoms with Crippen LogP contribution in [-0.2, 0) is 14.8 Å². The molecule has 1 saturated heterocycles. The van der Waals surface area contributed by atoms with Crippen LogP contribution in [0.2, 0.25) is 0 Å². The van der Waals surface area contributed by atoms with E-state index in [0.29, 0.717) is 0 Å². The molecule has 0 saturated carbocycles. The van der Waals surface area contributed by atoms with E-state index >= 15 is 0 Å². The van der Waals surface area contributed by atoms with Crippen molar-refractivity contribution < 1.29 is 13.2 Å². The molecule has 4 rings (SSSR count). The number of rotatable bonds is 4. The molecule has 1 fully saturated rings. The summed E-state index contributed by atoms with van der Waals surface area (Å²) in [6.45, 7) is 2.22. The summed E-state index contributed by atoms with van der Waals surface area (Å²) in [5.74, 6) is 0. The minimum absolute atomic E-state index is 0.278. The normalized spacial score (nSPS) is 20.6. The third-order valence-corrected chi connectivity index (χ3v) is 6.61. The van der Waals surface area contributed by atoms with Gasteiger partial charge < -0.3 is 4.74 Å². The van der Waals surface area contributed by atoms with E-state index in [1.54, 1.807) is 12.1 Å². The number of nitrogens with zero attached hydrogens (tertiary/aromatic N) is 1. The molecule has 2 atom stereocenters. The van der Waals surface area contributed by atoms with Crippen LogP contribution in [0.25, 0.3) is 0 Å². The van der Waals surface area contributed by atoms with Crippen molar-refractivity contribution in [2.24, 2.45) is 0 Å². The highest BCUT2D eigenvalue weighted by molar-refractivity contribution is 7.89. The van der Waals surface area contributed by atoms with E-state index in [-0.39, 0.29) is 17.5 Å². The van der Waals surface area contributed by atoms with Gasteiger partial charge in [0, 0.05) is 6.54 Å². The third kappa shape index (κ3) is 3.54. The molecule has 0 radical (unpaired) electrons. The summed E-state index contributed by atoms with van der Waals surface area (Å²) in [7, 11) is -3.69. The van der Waals surface area contributed by atoms with Crippen molar-refractivity contribution in [2.45, 2.75) is 24.2 Å². The molecule has 3 aromatic carbocycles. The molecule has 138 valence electrons. The van der Waals surface area contributed by atoms with Gasteiger partial charge in [-0.1, -0.05) is 78.4 Å². The molecule has 0 aromatic heterocycles. The summed E-state index contributed by atoms with van der Waals surface area (Å²) in [6.07, 6.45) is -0.959. The Kier molecular flexibility index (Phi) is 4.83. The minimum Gasteiger partial charge on any atom is -0.349 e. The molecule has 3 aromatic rings. The Morgan fingerprint density at radius 1 is 0.815 bits per heavy atom. The van der Waals surface area contributed by atoms with E-state index < -0.39 is 16.3 Å². The van der Waals surface area contributed by atoms with Gasteiger partial charge in [-0.15, -0.1) is 0 Å². The number of ether oxygens (including phenoxy) is 1. The highest BCUT2D eigenvalue weighted by Gasteiger charge is 2.42. The summed E-state index contributed by atoms with van der Waals surface area (Å²) in [5.41, 5.74) is 2.82. The van der Waals surface area contributed by atoms with Crippen molar-refractivity contribution in [1.29, 1.82) is 0 Å². The molecule has 0 bridgehead atoms. The number of benzene rings is 3. The zero-order chi connectivity index (χ0) is 18.9. The first-order valence-corrected chi connectivity index (χ1v) is 10.3. The van der Waals surface area contributed by atoms with E-state index in [9.17, 15) is 8.42 Å². The molecule has 0 spiro atoms. The van der Waals surface area contributed by atoms with Crippen LogP contribution in [-0.4, -0.2) is 19.3 Å². The standard InChI is InChI=1S/C22H21NO3S/c1-17-12-14-20(15-13-17)27(24,25)23-16-21(18-8-4-2-5-9-18)26-22(23)19-10-6-3-7-11-19/h2-15,21-22H,16H2,1H3. The van der Waals surface area contributed by atoms with Crippen LogP contribution in [0.4, 0.5) is 0 Å². The van der Waals surface area contributed by atoms with Crippen LogP contribution in [0.3, 0.4) is 0 Å². The lowest BCUT2D eigenvalue weighted by atomic mass is 10.1. The maximum Gasteiger partial charge on any atom is 0.245 e. The van der Waals surface area contributed by atoms with Gasteiger partial charge in [-0.25, -0.2) is 8.42 Å². The Labute approximate surface area is 160 Å². The fourth-order valence-corrected chi connectivity index (χ4v) is 4.82. The number of hydrogen-bond donors (Lipinski definition) is 0. The number of aryl methyl sites for hydroxylation is 1. The van der Waals surface area contributed by atoms with Crippen LogP contribution < -0.4 is 0 Å². The van der Waals surface area contributed by atoms with Gasteiger partial charge >= 0.3 is 0 Å². The molecule has 5 heteroatoms. The van der Waals surface area contributed by atoms with Crippen LogP contribution in [0.5, 0.6) is 0 Å². The molecule has 1 aliphatic heterocycles. The molecule has 0 N–H and O–H groups in total. The first-order chi connectivity index (χ1) is 13.1. The van der Waals surface area contributed by atoms with Crippen LogP contribution in [0, 0.1) is 6.92 Å². The first kappa shape index (κ1) is 17.9. The molecular weight excluding hydrogens is 358 g/mol. The Morgan fingerprint density at radius 2 is 1.37 bits per heavy atom. The Morgan fingerprint density at radius 3 is 1.96 bits per heavy atom. The quantitative estimate of drug-likeness (QED) is 0.673. The Balaban J connectivity index is 1.74. The lowest BCUT2D eigenvalue weighted by Crippen LogP contribution is -2.31. The van der Waals surface area contributed by atoms with Gasteiger partial charge in [0.15, 0.2) is 6.23 Å². The van der Waals surface area contributed by atoms with E-state index in [0.717, 1.165) is 16.7 Å². The molecule has 1 aliphatic rings. The van der Waals surface area contributed by atoms with Crippen LogP contribution >= 0.6 is 0 Å². The highest BCUT2D eigenvalue weighted by atomic mass is 32.2. The summed E-state index contributed by atoms with van der Waals surface area (Å²) in [5, 5.41) is 0. The number of sulfonamides is 1. The zero-order valence-corrected chi connectivity index (χ0v) is 15.8. The molecule has 27 heavy (non-hydrogen) atoms. The summed E-state index contributed by atoms with van der Waals surface area (Å²) in [4.78, 5) is 0.284. The second-order valence-electron chi connectivity index (χ2n) is 6.69. The molecular formula is C22H21NO3S. The van der Waals surface area contributed by atoms with E-state index in [2.05, 4.69) is 0 Å². The Hall–Kier alpha value is -2.47. The summed E-state index contributed by atoms with van der Waals surface area (Å²) < 4.78 is 34.4. The summed E-state index contributed by atoms with van der Waals surface area (Å²) >= 11 is 0. The van der Waals surface area contributed by atoms with Crippen molar-refractivity contribution >= 4 is 10.0 Å². The predicted molar refractivity (Wildman–Crippen MR) is 105 cm³/mol. The molecule has 4 nitrogen and oxygen atoms in total. The second-order valence-corrected chi connectivity index (χ2v) is 8.58.